The summed E-state index contributed by atoms with van der Waals surface area (Å²) in [7, 11) is -2.73. The molecular weight excluding hydrogens is 408 g/mol. The molecule has 6 heteroatoms. The molecule has 31 heavy (non-hydrogen) atoms. The normalized spacial score (nSPS) is 20.8. The highest BCUT2D eigenvalue weighted by atomic mass is 28.4. The van der Waals surface area contributed by atoms with Crippen LogP contribution >= 0.6 is 0 Å². The van der Waals surface area contributed by atoms with Crippen molar-refractivity contribution in [3.8, 4) is 0 Å². The molecular formula is C25H40O5Si. The highest BCUT2D eigenvalue weighted by molar-refractivity contribution is 6.62. The van der Waals surface area contributed by atoms with Gasteiger partial charge in [-0.3, -0.25) is 0 Å². The fraction of sp³-hybridized carbons (Fsp3) is 0.640. The van der Waals surface area contributed by atoms with Crippen molar-refractivity contribution in [1.29, 1.82) is 0 Å². The number of carboxylic acids is 1. The van der Waals surface area contributed by atoms with E-state index in [1.807, 2.05) is 32.9 Å². The van der Waals surface area contributed by atoms with Gasteiger partial charge in [0.15, 0.2) is 0 Å². The van der Waals surface area contributed by atoms with E-state index in [2.05, 4.69) is 19.1 Å². The lowest BCUT2D eigenvalue weighted by Crippen LogP contribution is -2.53. The highest BCUT2D eigenvalue weighted by Gasteiger charge is 2.52. The molecule has 0 radical (unpaired) electrons. The standard InChI is InChI=1S/C25H40O5Si/c1-5-10-24(31(28-6-2,29-7-3)30-8-4)22-16-14-21(15-17-22)23-12-9-11-20(19-23)13-18-25(26)27/h9,11-13,18-19,21-22,24H,5-8,10,14-17H2,1-4H3,(H,26,27)/b18-13+. The summed E-state index contributed by atoms with van der Waals surface area (Å²) in [6, 6.07) is 8.29. The summed E-state index contributed by atoms with van der Waals surface area (Å²) < 4.78 is 18.9. The highest BCUT2D eigenvalue weighted by Crippen LogP contribution is 2.47. The smallest absolute Gasteiger partial charge is 0.478 e. The average molecular weight is 449 g/mol. The molecule has 1 unspecified atom stereocenters. The minimum Gasteiger partial charge on any atom is -0.478 e. The van der Waals surface area contributed by atoms with Crippen LogP contribution in [0.25, 0.3) is 6.08 Å². The molecule has 1 atom stereocenters. The minimum atomic E-state index is -2.73. The predicted octanol–water partition coefficient (Wildman–Crippen LogP) is 6.28. The van der Waals surface area contributed by atoms with Crippen molar-refractivity contribution in [2.75, 3.05) is 19.8 Å². The van der Waals surface area contributed by atoms with E-state index >= 15 is 0 Å². The summed E-state index contributed by atoms with van der Waals surface area (Å²) in [5.74, 6) is 0.153. The molecule has 1 N–H and O–H groups in total. The molecule has 1 fully saturated rings. The summed E-state index contributed by atoms with van der Waals surface area (Å²) in [5, 5.41) is 8.88. The third-order valence-corrected chi connectivity index (χ3v) is 9.97. The Morgan fingerprint density at radius 2 is 1.68 bits per heavy atom. The molecule has 0 saturated heterocycles. The van der Waals surface area contributed by atoms with Gasteiger partial charge < -0.3 is 18.4 Å². The zero-order valence-corrected chi connectivity index (χ0v) is 20.6. The van der Waals surface area contributed by atoms with Crippen molar-refractivity contribution in [1.82, 2.24) is 0 Å². The summed E-state index contributed by atoms with van der Waals surface area (Å²) in [6.07, 6.45) is 9.60. The third kappa shape index (κ3) is 7.28. The minimum absolute atomic E-state index is 0.350. The number of hydrogen-bond acceptors (Lipinski definition) is 4. The Labute approximate surface area is 189 Å². The Hall–Kier alpha value is -1.47. The Bertz CT molecular complexity index is 680. The van der Waals surface area contributed by atoms with Crippen LogP contribution in [-0.2, 0) is 18.1 Å². The number of carbonyl (C=O) groups is 1. The number of benzene rings is 1. The first-order chi connectivity index (χ1) is 15.0. The van der Waals surface area contributed by atoms with Gasteiger partial charge in [0.05, 0.1) is 0 Å². The molecule has 2 rings (SSSR count). The second-order valence-electron chi connectivity index (χ2n) is 8.25. The van der Waals surface area contributed by atoms with Gasteiger partial charge in [-0.2, -0.15) is 0 Å². The van der Waals surface area contributed by atoms with Gasteiger partial charge in [0.25, 0.3) is 0 Å². The summed E-state index contributed by atoms with van der Waals surface area (Å²) in [4.78, 5) is 10.8. The SMILES string of the molecule is CCCC(C1CCC(c2cccc(/C=C/C(=O)O)c2)CC1)[Si](OCC)(OCC)OCC. The maximum absolute atomic E-state index is 10.8. The number of aliphatic carboxylic acids is 1. The van der Waals surface area contributed by atoms with E-state index < -0.39 is 14.8 Å². The zero-order chi connectivity index (χ0) is 22.7. The van der Waals surface area contributed by atoms with Gasteiger partial charge in [-0.15, -0.1) is 0 Å². The van der Waals surface area contributed by atoms with E-state index in [4.69, 9.17) is 18.4 Å². The topological polar surface area (TPSA) is 65.0 Å². The van der Waals surface area contributed by atoms with E-state index in [1.165, 1.54) is 11.6 Å². The van der Waals surface area contributed by atoms with Crippen molar-refractivity contribution in [2.45, 2.75) is 77.7 Å². The van der Waals surface area contributed by atoms with E-state index in [-0.39, 0.29) is 0 Å². The lowest BCUT2D eigenvalue weighted by molar-refractivity contribution is -0.131. The van der Waals surface area contributed by atoms with Gasteiger partial charge in [-0.1, -0.05) is 37.6 Å². The number of hydrogen-bond donors (Lipinski definition) is 1. The second kappa shape index (κ2) is 13.2. The van der Waals surface area contributed by atoms with Crippen LogP contribution in [-0.4, -0.2) is 39.7 Å². The maximum atomic E-state index is 10.8. The third-order valence-electron chi connectivity index (χ3n) is 6.23. The second-order valence-corrected chi connectivity index (χ2v) is 11.1. The monoisotopic (exact) mass is 448 g/mol. The van der Waals surface area contributed by atoms with Crippen LogP contribution in [0.3, 0.4) is 0 Å². The van der Waals surface area contributed by atoms with E-state index in [9.17, 15) is 4.79 Å². The van der Waals surface area contributed by atoms with Crippen molar-refractivity contribution < 1.29 is 23.2 Å². The molecule has 5 nitrogen and oxygen atoms in total. The largest absolute Gasteiger partial charge is 0.504 e. The average Bonchev–Trinajstić information content (AvgIpc) is 2.77. The molecule has 1 aromatic carbocycles. The first-order valence-electron chi connectivity index (χ1n) is 11.9. The van der Waals surface area contributed by atoms with Crippen LogP contribution in [0.2, 0.25) is 5.54 Å². The molecule has 0 aliphatic heterocycles. The van der Waals surface area contributed by atoms with Crippen LogP contribution in [0.5, 0.6) is 0 Å². The molecule has 0 aromatic heterocycles. The van der Waals surface area contributed by atoms with Gasteiger partial charge in [0.1, 0.15) is 0 Å². The number of carboxylic acid groups (broad SMARTS) is 1. The maximum Gasteiger partial charge on any atom is 0.504 e. The first-order valence-corrected chi connectivity index (χ1v) is 13.7. The van der Waals surface area contributed by atoms with E-state index in [1.54, 1.807) is 6.08 Å². The fourth-order valence-electron chi connectivity index (χ4n) is 5.00. The van der Waals surface area contributed by atoms with Gasteiger partial charge in [0, 0.05) is 31.4 Å². The number of rotatable bonds is 13. The lowest BCUT2D eigenvalue weighted by atomic mass is 9.76. The Balaban J connectivity index is 2.14. The molecule has 1 saturated carbocycles. The fourth-order valence-corrected chi connectivity index (χ4v) is 8.65. The van der Waals surface area contributed by atoms with Gasteiger partial charge >= 0.3 is 14.8 Å². The van der Waals surface area contributed by atoms with Crippen LogP contribution in [0.15, 0.2) is 30.3 Å². The quantitative estimate of drug-likeness (QED) is 0.284. The summed E-state index contributed by atoms with van der Waals surface area (Å²) in [6.45, 7) is 10.2. The first kappa shape index (κ1) is 25.8. The van der Waals surface area contributed by atoms with Crippen molar-refractivity contribution in [3.05, 3.63) is 41.5 Å². The van der Waals surface area contributed by atoms with Crippen LogP contribution in [0.1, 0.15) is 83.3 Å². The molecule has 1 aromatic rings. The van der Waals surface area contributed by atoms with Crippen LogP contribution in [0, 0.1) is 5.92 Å². The summed E-state index contributed by atoms with van der Waals surface area (Å²) in [5.41, 5.74) is 2.60. The van der Waals surface area contributed by atoms with Crippen molar-refractivity contribution >= 4 is 20.8 Å². The lowest BCUT2D eigenvalue weighted by Gasteiger charge is -2.42. The Morgan fingerprint density at radius 1 is 1.06 bits per heavy atom. The van der Waals surface area contributed by atoms with Gasteiger partial charge in [-0.05, 0) is 81.9 Å². The van der Waals surface area contributed by atoms with Crippen molar-refractivity contribution in [3.63, 3.8) is 0 Å². The molecule has 174 valence electrons. The van der Waals surface area contributed by atoms with Crippen LogP contribution < -0.4 is 0 Å². The van der Waals surface area contributed by atoms with Crippen molar-refractivity contribution in [2.24, 2.45) is 5.92 Å². The Kier molecular flexibility index (Phi) is 10.9. The Morgan fingerprint density at radius 3 is 2.19 bits per heavy atom. The van der Waals surface area contributed by atoms with Gasteiger partial charge in [0.2, 0.25) is 0 Å². The molecule has 0 spiro atoms. The summed E-state index contributed by atoms with van der Waals surface area (Å²) >= 11 is 0. The van der Waals surface area contributed by atoms with Gasteiger partial charge in [-0.25, -0.2) is 4.79 Å². The predicted molar refractivity (Wildman–Crippen MR) is 127 cm³/mol. The molecule has 0 bridgehead atoms. The van der Waals surface area contributed by atoms with Crippen LogP contribution in [0.4, 0.5) is 0 Å². The van der Waals surface area contributed by atoms with E-state index in [0.29, 0.717) is 37.2 Å². The molecule has 0 heterocycles. The molecule has 1 aliphatic carbocycles. The molecule has 0 amide bonds. The van der Waals surface area contributed by atoms with E-state index in [0.717, 1.165) is 44.1 Å². The zero-order valence-electron chi connectivity index (χ0n) is 19.6. The molecule has 1 aliphatic rings.